The summed E-state index contributed by atoms with van der Waals surface area (Å²) >= 11 is 0. The van der Waals surface area contributed by atoms with Crippen LogP contribution in [0.3, 0.4) is 0 Å². The zero-order valence-corrected chi connectivity index (χ0v) is 6.63. The number of ether oxygens (including phenoxy) is 1. The van der Waals surface area contributed by atoms with Crippen LogP contribution in [0.2, 0.25) is 0 Å². The molecule has 1 rings (SSSR count). The topological polar surface area (TPSA) is 33.0 Å². The zero-order chi connectivity index (χ0) is 8.10. The van der Waals surface area contributed by atoms with E-state index in [0.29, 0.717) is 5.69 Å². The fourth-order valence-corrected chi connectivity index (χ4v) is 0.806. The second-order valence-electron chi connectivity index (χ2n) is 2.38. The van der Waals surface area contributed by atoms with Crippen LogP contribution < -0.4 is 10.5 Å². The van der Waals surface area contributed by atoms with Crippen LogP contribution in [0.4, 0.5) is 5.69 Å². The maximum Gasteiger partial charge on any atom is 0.121 e. The highest BCUT2D eigenvalue weighted by Crippen LogP contribution is 2.15. The Bertz CT molecular complexity index is 223. The fraction of sp³-hybridized carbons (Fsp3) is 0.333. The third-order valence-corrected chi connectivity index (χ3v) is 1.31. The predicted octanol–water partition coefficient (Wildman–Crippen LogP) is 2.39. The summed E-state index contributed by atoms with van der Waals surface area (Å²) in [5.74, 6) is 0.791. The van der Waals surface area contributed by atoms with E-state index in [9.17, 15) is 0 Å². The van der Waals surface area contributed by atoms with E-state index in [1.807, 2.05) is 12.1 Å². The van der Waals surface area contributed by atoms with Gasteiger partial charge < -0.3 is 10.5 Å². The average molecular weight is 150 g/mol. The first-order valence-corrected chi connectivity index (χ1v) is 3.77. The van der Waals surface area contributed by atoms with Crippen LogP contribution in [0.5, 0.6) is 5.75 Å². The van der Waals surface area contributed by atoms with E-state index in [-0.39, 0.29) is 0 Å². The van der Waals surface area contributed by atoms with Crippen LogP contribution in [0.1, 0.15) is 13.3 Å². The maximum atomic E-state index is 7.29. The molecule has 1 aromatic carbocycles. The normalized spacial score (nSPS) is 9.55. The summed E-state index contributed by atoms with van der Waals surface area (Å²) in [6, 6.07) is 7.15. The minimum Gasteiger partial charge on any atom is -0.494 e. The van der Waals surface area contributed by atoms with Gasteiger partial charge in [0, 0.05) is 6.07 Å². The van der Waals surface area contributed by atoms with E-state index in [2.05, 4.69) is 6.92 Å². The molecule has 59 valence electrons. The van der Waals surface area contributed by atoms with Crippen molar-refractivity contribution in [1.82, 2.24) is 5.73 Å². The predicted molar refractivity (Wildman–Crippen MR) is 45.0 cm³/mol. The molecular weight excluding hydrogens is 138 g/mol. The van der Waals surface area contributed by atoms with Gasteiger partial charge in [-0.25, -0.2) is 0 Å². The second kappa shape index (κ2) is 3.86. The van der Waals surface area contributed by atoms with Crippen molar-refractivity contribution in [2.75, 3.05) is 6.61 Å². The quantitative estimate of drug-likeness (QED) is 0.651. The summed E-state index contributed by atoms with van der Waals surface area (Å²) in [5, 5.41) is 0. The molecule has 11 heavy (non-hydrogen) atoms. The van der Waals surface area contributed by atoms with Crippen LogP contribution in [-0.4, -0.2) is 6.61 Å². The molecule has 0 aliphatic heterocycles. The lowest BCUT2D eigenvalue weighted by atomic mass is 10.3. The van der Waals surface area contributed by atoms with Crippen LogP contribution in [-0.2, 0) is 0 Å². The van der Waals surface area contributed by atoms with Gasteiger partial charge in [-0.3, -0.25) is 0 Å². The monoisotopic (exact) mass is 150 g/mol. The van der Waals surface area contributed by atoms with Gasteiger partial charge in [-0.2, -0.15) is 0 Å². The van der Waals surface area contributed by atoms with Gasteiger partial charge in [-0.15, -0.1) is 0 Å². The Hall–Kier alpha value is -1.18. The number of nitrogens with one attached hydrogen (secondary N) is 1. The largest absolute Gasteiger partial charge is 0.494 e. The van der Waals surface area contributed by atoms with E-state index in [4.69, 9.17) is 10.5 Å². The number of rotatable bonds is 3. The zero-order valence-electron chi connectivity index (χ0n) is 6.63. The molecule has 0 aromatic heterocycles. The molecule has 0 saturated carbocycles. The molecule has 0 bridgehead atoms. The Morgan fingerprint density at radius 3 is 2.91 bits per heavy atom. The Morgan fingerprint density at radius 2 is 2.27 bits per heavy atom. The highest BCUT2D eigenvalue weighted by Gasteiger charge is 1.91. The highest BCUT2D eigenvalue weighted by atomic mass is 16.5. The summed E-state index contributed by atoms with van der Waals surface area (Å²) in [6.07, 6.45) is 1.00. The standard InChI is InChI=1S/C9H12NO/c1-2-6-11-9-5-3-4-8(10)7-9/h3-5,7,10H,2,6H2,1H3. The van der Waals surface area contributed by atoms with Crippen LogP contribution in [0.25, 0.3) is 0 Å². The summed E-state index contributed by atoms with van der Waals surface area (Å²) in [7, 11) is 0. The molecule has 1 aromatic rings. The van der Waals surface area contributed by atoms with Crippen LogP contribution in [0, 0.1) is 0 Å². The van der Waals surface area contributed by atoms with Crippen molar-refractivity contribution >= 4 is 5.69 Å². The molecule has 0 heterocycles. The van der Waals surface area contributed by atoms with E-state index in [1.165, 1.54) is 0 Å². The van der Waals surface area contributed by atoms with Crippen molar-refractivity contribution in [3.63, 3.8) is 0 Å². The van der Waals surface area contributed by atoms with E-state index >= 15 is 0 Å². The maximum absolute atomic E-state index is 7.29. The van der Waals surface area contributed by atoms with Gasteiger partial charge in [0.25, 0.3) is 0 Å². The molecule has 2 heteroatoms. The molecule has 2 nitrogen and oxygen atoms in total. The van der Waals surface area contributed by atoms with Crippen molar-refractivity contribution in [3.05, 3.63) is 24.3 Å². The van der Waals surface area contributed by atoms with E-state index in [1.54, 1.807) is 12.1 Å². The van der Waals surface area contributed by atoms with E-state index in [0.717, 1.165) is 18.8 Å². The lowest BCUT2D eigenvalue weighted by Crippen LogP contribution is -1.94. The first-order valence-electron chi connectivity index (χ1n) is 3.77. The van der Waals surface area contributed by atoms with Crippen molar-refractivity contribution < 1.29 is 4.74 Å². The Kier molecular flexibility index (Phi) is 2.78. The third-order valence-electron chi connectivity index (χ3n) is 1.31. The van der Waals surface area contributed by atoms with Crippen molar-refractivity contribution in [2.24, 2.45) is 0 Å². The summed E-state index contributed by atoms with van der Waals surface area (Å²) in [6.45, 7) is 2.79. The molecule has 0 fully saturated rings. The highest BCUT2D eigenvalue weighted by molar-refractivity contribution is 5.40. The molecule has 0 aliphatic rings. The molecule has 0 spiro atoms. The molecule has 0 atom stereocenters. The number of hydrogen-bond acceptors (Lipinski definition) is 1. The fourth-order valence-electron chi connectivity index (χ4n) is 0.806. The van der Waals surface area contributed by atoms with Gasteiger partial charge in [0.1, 0.15) is 5.75 Å². The van der Waals surface area contributed by atoms with Gasteiger partial charge in [0.15, 0.2) is 0 Å². The first kappa shape index (κ1) is 7.92. The van der Waals surface area contributed by atoms with Gasteiger partial charge >= 0.3 is 0 Å². The smallest absolute Gasteiger partial charge is 0.121 e. The molecule has 1 radical (unpaired) electrons. The van der Waals surface area contributed by atoms with Crippen molar-refractivity contribution in [3.8, 4) is 5.75 Å². The molecule has 1 N–H and O–H groups in total. The Balaban J connectivity index is 2.56. The molecule has 0 unspecified atom stereocenters. The Morgan fingerprint density at radius 1 is 1.45 bits per heavy atom. The lowest BCUT2D eigenvalue weighted by molar-refractivity contribution is 0.317. The van der Waals surface area contributed by atoms with Gasteiger partial charge in [0.05, 0.1) is 12.3 Å². The third kappa shape index (κ3) is 2.50. The van der Waals surface area contributed by atoms with Crippen LogP contribution in [0.15, 0.2) is 24.3 Å². The van der Waals surface area contributed by atoms with Crippen molar-refractivity contribution in [1.29, 1.82) is 0 Å². The second-order valence-corrected chi connectivity index (χ2v) is 2.38. The van der Waals surface area contributed by atoms with Crippen molar-refractivity contribution in [2.45, 2.75) is 13.3 Å². The minimum absolute atomic E-state index is 0.499. The first-order chi connectivity index (χ1) is 5.33. The van der Waals surface area contributed by atoms with Gasteiger partial charge in [0.2, 0.25) is 0 Å². The molecule has 0 saturated heterocycles. The number of benzene rings is 1. The number of hydrogen-bond donors (Lipinski definition) is 0. The Labute approximate surface area is 67.0 Å². The molecule has 0 amide bonds. The summed E-state index contributed by atoms with van der Waals surface area (Å²) in [5.41, 5.74) is 7.79. The van der Waals surface area contributed by atoms with Gasteiger partial charge in [-0.1, -0.05) is 13.0 Å². The van der Waals surface area contributed by atoms with Gasteiger partial charge in [-0.05, 0) is 18.6 Å². The SMILES string of the molecule is CCCOc1cccc([NH])c1. The summed E-state index contributed by atoms with van der Waals surface area (Å²) in [4.78, 5) is 0. The summed E-state index contributed by atoms with van der Waals surface area (Å²) < 4.78 is 5.32. The minimum atomic E-state index is 0.499. The van der Waals surface area contributed by atoms with E-state index < -0.39 is 0 Å². The molecular formula is C9H12NO. The average Bonchev–Trinajstić information content (AvgIpc) is 2.01. The lowest BCUT2D eigenvalue weighted by Gasteiger charge is -2.03. The molecule has 0 aliphatic carbocycles. The van der Waals surface area contributed by atoms with Crippen LogP contribution >= 0.6 is 0 Å².